The Kier molecular flexibility index (Phi) is 5.16. The maximum atomic E-state index is 11.7. The van der Waals surface area contributed by atoms with E-state index in [4.69, 9.17) is 16.3 Å². The fourth-order valence-electron chi connectivity index (χ4n) is 1.30. The molecule has 0 fully saturated rings. The van der Waals surface area contributed by atoms with E-state index in [1.54, 1.807) is 31.2 Å². The van der Waals surface area contributed by atoms with E-state index in [2.05, 4.69) is 0 Å². The Morgan fingerprint density at radius 2 is 2.11 bits per heavy atom. The Labute approximate surface area is 112 Å². The van der Waals surface area contributed by atoms with E-state index in [0.29, 0.717) is 10.8 Å². The molecule has 0 N–H and O–H groups in total. The van der Waals surface area contributed by atoms with E-state index in [-0.39, 0.29) is 18.0 Å². The standard InChI is InChI=1S/C12H15ClO4S/c1-9(12(14)6-7-18(2,15)16)17-11-5-3-4-10(13)8-11/h3-5,8-9H,6-7H2,1-2H3. The zero-order valence-electron chi connectivity index (χ0n) is 10.2. The number of hydrogen-bond acceptors (Lipinski definition) is 4. The fraction of sp³-hybridized carbons (Fsp3) is 0.417. The average Bonchev–Trinajstić information content (AvgIpc) is 2.24. The third-order valence-electron chi connectivity index (χ3n) is 2.28. The van der Waals surface area contributed by atoms with Crippen LogP contribution in [0.15, 0.2) is 24.3 Å². The first-order valence-electron chi connectivity index (χ1n) is 5.40. The molecule has 4 nitrogen and oxygen atoms in total. The third-order valence-corrected chi connectivity index (χ3v) is 3.46. The summed E-state index contributed by atoms with van der Waals surface area (Å²) in [6, 6.07) is 6.70. The molecule has 0 spiro atoms. The lowest BCUT2D eigenvalue weighted by molar-refractivity contribution is -0.124. The largest absolute Gasteiger partial charge is 0.483 e. The van der Waals surface area contributed by atoms with E-state index >= 15 is 0 Å². The Balaban J connectivity index is 2.55. The van der Waals surface area contributed by atoms with Crippen molar-refractivity contribution in [1.29, 1.82) is 0 Å². The van der Waals surface area contributed by atoms with Crippen LogP contribution in [0.2, 0.25) is 5.02 Å². The lowest BCUT2D eigenvalue weighted by Gasteiger charge is -2.13. The van der Waals surface area contributed by atoms with Gasteiger partial charge in [0.1, 0.15) is 15.6 Å². The lowest BCUT2D eigenvalue weighted by Crippen LogP contribution is -2.25. The van der Waals surface area contributed by atoms with Gasteiger partial charge in [-0.1, -0.05) is 17.7 Å². The van der Waals surface area contributed by atoms with Gasteiger partial charge in [-0.3, -0.25) is 4.79 Å². The molecule has 0 amide bonds. The highest BCUT2D eigenvalue weighted by molar-refractivity contribution is 7.90. The SMILES string of the molecule is CC(Oc1cccc(Cl)c1)C(=O)CCS(C)(=O)=O. The molecule has 1 atom stereocenters. The molecule has 0 aliphatic rings. The number of sulfone groups is 1. The van der Waals surface area contributed by atoms with Crippen molar-refractivity contribution in [3.05, 3.63) is 29.3 Å². The van der Waals surface area contributed by atoms with E-state index in [0.717, 1.165) is 6.26 Å². The third kappa shape index (κ3) is 5.51. The number of ketones is 1. The Morgan fingerprint density at radius 1 is 1.44 bits per heavy atom. The Morgan fingerprint density at radius 3 is 2.67 bits per heavy atom. The van der Waals surface area contributed by atoms with Gasteiger partial charge in [-0.15, -0.1) is 0 Å². The van der Waals surface area contributed by atoms with Crippen LogP contribution in [0.4, 0.5) is 0 Å². The quantitative estimate of drug-likeness (QED) is 0.805. The van der Waals surface area contributed by atoms with Crippen LogP contribution in [0.25, 0.3) is 0 Å². The van der Waals surface area contributed by atoms with Crippen molar-refractivity contribution < 1.29 is 17.9 Å². The van der Waals surface area contributed by atoms with Crippen molar-refractivity contribution >= 4 is 27.2 Å². The van der Waals surface area contributed by atoms with Crippen LogP contribution in [0.3, 0.4) is 0 Å². The van der Waals surface area contributed by atoms with E-state index in [1.165, 1.54) is 0 Å². The zero-order chi connectivity index (χ0) is 13.8. The second kappa shape index (κ2) is 6.20. The molecule has 100 valence electrons. The molecule has 0 saturated heterocycles. The Bertz CT molecular complexity index is 525. The number of hydrogen-bond donors (Lipinski definition) is 0. The predicted octanol–water partition coefficient (Wildman–Crippen LogP) is 2.11. The topological polar surface area (TPSA) is 60.4 Å². The molecule has 1 unspecified atom stereocenters. The average molecular weight is 291 g/mol. The summed E-state index contributed by atoms with van der Waals surface area (Å²) >= 11 is 5.78. The molecule has 0 aliphatic carbocycles. The van der Waals surface area contributed by atoms with Gasteiger partial charge >= 0.3 is 0 Å². The zero-order valence-corrected chi connectivity index (χ0v) is 11.8. The van der Waals surface area contributed by atoms with Gasteiger partial charge in [0.25, 0.3) is 0 Å². The Hall–Kier alpha value is -1.07. The highest BCUT2D eigenvalue weighted by atomic mass is 35.5. The molecule has 0 bridgehead atoms. The van der Waals surface area contributed by atoms with Gasteiger partial charge in [0.2, 0.25) is 0 Å². The number of halogens is 1. The summed E-state index contributed by atoms with van der Waals surface area (Å²) in [5.41, 5.74) is 0. The summed E-state index contributed by atoms with van der Waals surface area (Å²) < 4.78 is 27.3. The van der Waals surface area contributed by atoms with E-state index in [9.17, 15) is 13.2 Å². The second-order valence-electron chi connectivity index (χ2n) is 4.06. The number of Topliss-reactive ketones (excluding diaryl/α,β-unsaturated/α-hetero) is 1. The number of carbonyl (C=O) groups excluding carboxylic acids is 1. The summed E-state index contributed by atoms with van der Waals surface area (Å²) in [4.78, 5) is 11.7. The first-order chi connectivity index (χ1) is 8.28. The number of rotatable bonds is 6. The summed E-state index contributed by atoms with van der Waals surface area (Å²) in [6.07, 6.45) is 0.369. The van der Waals surface area contributed by atoms with E-state index < -0.39 is 15.9 Å². The molecule has 0 saturated carbocycles. The summed E-state index contributed by atoms with van der Waals surface area (Å²) in [6.45, 7) is 1.59. The highest BCUT2D eigenvalue weighted by Gasteiger charge is 2.16. The molecule has 0 heterocycles. The van der Waals surface area contributed by atoms with Crippen molar-refractivity contribution in [2.45, 2.75) is 19.4 Å². The highest BCUT2D eigenvalue weighted by Crippen LogP contribution is 2.18. The molecule has 18 heavy (non-hydrogen) atoms. The number of carbonyl (C=O) groups is 1. The maximum absolute atomic E-state index is 11.7. The van der Waals surface area contributed by atoms with E-state index in [1.807, 2.05) is 0 Å². The minimum absolute atomic E-state index is 0.0411. The summed E-state index contributed by atoms with van der Waals surface area (Å²) in [7, 11) is -3.13. The van der Waals surface area contributed by atoms with Gasteiger partial charge in [-0.25, -0.2) is 8.42 Å². The van der Waals surface area contributed by atoms with Gasteiger partial charge < -0.3 is 4.74 Å². The van der Waals surface area contributed by atoms with Crippen molar-refractivity contribution in [3.8, 4) is 5.75 Å². The van der Waals surface area contributed by atoms with Crippen molar-refractivity contribution in [3.63, 3.8) is 0 Å². The molecular weight excluding hydrogens is 276 g/mol. The molecule has 0 aliphatic heterocycles. The second-order valence-corrected chi connectivity index (χ2v) is 6.76. The molecule has 1 aromatic carbocycles. The minimum Gasteiger partial charge on any atom is -0.483 e. The predicted molar refractivity (Wildman–Crippen MR) is 70.9 cm³/mol. The minimum atomic E-state index is -3.13. The van der Waals surface area contributed by atoms with Crippen molar-refractivity contribution in [2.75, 3.05) is 12.0 Å². The van der Waals surface area contributed by atoms with Crippen LogP contribution in [-0.4, -0.2) is 32.3 Å². The van der Waals surface area contributed by atoms with Crippen LogP contribution in [0.5, 0.6) is 5.75 Å². The molecule has 6 heteroatoms. The maximum Gasteiger partial charge on any atom is 0.174 e. The van der Waals surface area contributed by atoms with Gasteiger partial charge in [-0.05, 0) is 25.1 Å². The van der Waals surface area contributed by atoms with Gasteiger partial charge in [0, 0.05) is 17.7 Å². The number of benzene rings is 1. The summed E-state index contributed by atoms with van der Waals surface area (Å²) in [5.74, 6) is 0.0813. The molecule has 1 aromatic rings. The fourth-order valence-corrected chi connectivity index (χ4v) is 2.05. The van der Waals surface area contributed by atoms with Crippen LogP contribution >= 0.6 is 11.6 Å². The molecule has 0 aromatic heterocycles. The van der Waals surface area contributed by atoms with Crippen LogP contribution < -0.4 is 4.74 Å². The number of ether oxygens (including phenoxy) is 1. The molecular formula is C12H15ClO4S. The van der Waals surface area contributed by atoms with Crippen molar-refractivity contribution in [1.82, 2.24) is 0 Å². The molecule has 1 rings (SSSR count). The smallest absolute Gasteiger partial charge is 0.174 e. The first-order valence-corrected chi connectivity index (χ1v) is 7.84. The van der Waals surface area contributed by atoms with Crippen LogP contribution in [0, 0.1) is 0 Å². The molecule has 0 radical (unpaired) electrons. The van der Waals surface area contributed by atoms with Crippen LogP contribution in [0.1, 0.15) is 13.3 Å². The van der Waals surface area contributed by atoms with Crippen molar-refractivity contribution in [2.24, 2.45) is 0 Å². The first kappa shape index (κ1) is 15.0. The van der Waals surface area contributed by atoms with Crippen LogP contribution in [-0.2, 0) is 14.6 Å². The van der Waals surface area contributed by atoms with Gasteiger partial charge in [0.15, 0.2) is 11.9 Å². The lowest BCUT2D eigenvalue weighted by atomic mass is 10.2. The van der Waals surface area contributed by atoms with Gasteiger partial charge in [-0.2, -0.15) is 0 Å². The van der Waals surface area contributed by atoms with Gasteiger partial charge in [0.05, 0.1) is 5.75 Å². The normalized spacial score (nSPS) is 13.1. The monoisotopic (exact) mass is 290 g/mol. The summed E-state index contributed by atoms with van der Waals surface area (Å²) in [5, 5.41) is 0.517.